The predicted octanol–water partition coefficient (Wildman–Crippen LogP) is 2.13. The van der Waals surface area contributed by atoms with Gasteiger partial charge in [-0.25, -0.2) is 0 Å². The maximum Gasteiger partial charge on any atom is 0.246 e. The summed E-state index contributed by atoms with van der Waals surface area (Å²) in [5.41, 5.74) is 1.30. The molecular formula is C19H22ClN7O3. The third kappa shape index (κ3) is 3.96. The number of rotatable bonds is 7. The molecule has 158 valence electrons. The maximum atomic E-state index is 12.0. The summed E-state index contributed by atoms with van der Waals surface area (Å²) in [6.45, 7) is 4.86. The van der Waals surface area contributed by atoms with Crippen molar-refractivity contribution in [3.8, 4) is 5.88 Å². The first-order valence-electron chi connectivity index (χ1n) is 9.35. The normalized spacial score (nSPS) is 18.7. The lowest BCUT2D eigenvalue weighted by Crippen LogP contribution is -2.28. The molecule has 0 spiro atoms. The maximum absolute atomic E-state index is 12.0. The van der Waals surface area contributed by atoms with Crippen LogP contribution in [0.4, 0.5) is 11.6 Å². The third-order valence-electron chi connectivity index (χ3n) is 5.02. The van der Waals surface area contributed by atoms with Crippen molar-refractivity contribution in [1.29, 1.82) is 0 Å². The highest BCUT2D eigenvalue weighted by Crippen LogP contribution is 2.32. The average Bonchev–Trinajstić information content (AvgIpc) is 3.44. The van der Waals surface area contributed by atoms with Gasteiger partial charge in [0.2, 0.25) is 17.7 Å². The summed E-state index contributed by atoms with van der Waals surface area (Å²) in [5.74, 6) is 0.556. The molecule has 4 rings (SSSR count). The van der Waals surface area contributed by atoms with Crippen molar-refractivity contribution in [3.05, 3.63) is 36.3 Å². The van der Waals surface area contributed by atoms with Crippen LogP contribution in [0.1, 0.15) is 0 Å². The van der Waals surface area contributed by atoms with Crippen molar-refractivity contribution < 1.29 is 14.3 Å². The summed E-state index contributed by atoms with van der Waals surface area (Å²) in [6.07, 6.45) is 6.28. The standard InChI is InChI=1S/C19H22ClN7O3/c1-4-15(28)27-7-11(14(9-27)29-3)10-30-18-16-13(20)6-21-17(16)24-19(25-18)23-12-5-22-26(2)8-12/h4-6,8,11,14H,1,7,9-10H2,2-3H3,(H2,21,23,24,25)/t11-,14+/m0/s1. The summed E-state index contributed by atoms with van der Waals surface area (Å²) in [7, 11) is 3.45. The Morgan fingerprint density at radius 1 is 1.47 bits per heavy atom. The first-order valence-corrected chi connectivity index (χ1v) is 9.73. The van der Waals surface area contributed by atoms with E-state index in [9.17, 15) is 4.79 Å². The lowest BCUT2D eigenvalue weighted by Gasteiger charge is -2.17. The van der Waals surface area contributed by atoms with Crippen LogP contribution in [0.2, 0.25) is 5.02 Å². The van der Waals surface area contributed by atoms with Crippen molar-refractivity contribution in [1.82, 2.24) is 29.6 Å². The third-order valence-corrected chi connectivity index (χ3v) is 5.31. The molecule has 2 N–H and O–H groups in total. The van der Waals surface area contributed by atoms with Gasteiger partial charge in [-0.15, -0.1) is 0 Å². The van der Waals surface area contributed by atoms with Crippen molar-refractivity contribution in [3.63, 3.8) is 0 Å². The number of likely N-dealkylation sites (tertiary alicyclic amines) is 1. The van der Waals surface area contributed by atoms with E-state index >= 15 is 0 Å². The molecule has 0 bridgehead atoms. The second kappa shape index (κ2) is 8.33. The highest BCUT2D eigenvalue weighted by atomic mass is 35.5. The van der Waals surface area contributed by atoms with Crippen LogP contribution >= 0.6 is 11.6 Å². The number of H-pyrrole nitrogens is 1. The minimum atomic E-state index is -0.138. The van der Waals surface area contributed by atoms with Crippen LogP contribution < -0.4 is 10.1 Å². The summed E-state index contributed by atoms with van der Waals surface area (Å²) in [6, 6.07) is 0. The van der Waals surface area contributed by atoms with Gasteiger partial charge in [0.25, 0.3) is 0 Å². The molecular weight excluding hydrogens is 410 g/mol. The van der Waals surface area contributed by atoms with E-state index in [-0.39, 0.29) is 17.9 Å². The number of aromatic nitrogens is 5. The molecule has 0 radical (unpaired) electrons. The predicted molar refractivity (Wildman–Crippen MR) is 112 cm³/mol. The second-order valence-electron chi connectivity index (χ2n) is 7.03. The minimum Gasteiger partial charge on any atom is -0.477 e. The van der Waals surface area contributed by atoms with Gasteiger partial charge < -0.3 is 24.7 Å². The lowest BCUT2D eigenvalue weighted by atomic mass is 10.1. The number of aryl methyl sites for hydroxylation is 1. The summed E-state index contributed by atoms with van der Waals surface area (Å²) < 4.78 is 13.3. The van der Waals surface area contributed by atoms with Crippen LogP contribution in [-0.4, -0.2) is 68.4 Å². The minimum absolute atomic E-state index is 0.0173. The molecule has 3 aromatic heterocycles. The molecule has 1 amide bonds. The second-order valence-corrected chi connectivity index (χ2v) is 7.44. The van der Waals surface area contributed by atoms with E-state index in [0.29, 0.717) is 47.6 Å². The number of carbonyl (C=O) groups excluding carboxylic acids is 1. The molecule has 0 unspecified atom stereocenters. The Hall–Kier alpha value is -3.11. The van der Waals surface area contributed by atoms with Gasteiger partial charge in [-0.2, -0.15) is 15.1 Å². The molecule has 1 aliphatic rings. The number of aromatic amines is 1. The van der Waals surface area contributed by atoms with E-state index in [1.165, 1.54) is 6.08 Å². The van der Waals surface area contributed by atoms with E-state index in [4.69, 9.17) is 21.1 Å². The summed E-state index contributed by atoms with van der Waals surface area (Å²) in [5, 5.41) is 8.29. The number of carbonyl (C=O) groups is 1. The monoisotopic (exact) mass is 431 g/mol. The van der Waals surface area contributed by atoms with Gasteiger partial charge in [0.15, 0.2) is 0 Å². The first-order chi connectivity index (χ1) is 14.5. The number of ether oxygens (including phenoxy) is 2. The smallest absolute Gasteiger partial charge is 0.246 e. The average molecular weight is 432 g/mol. The Kier molecular flexibility index (Phi) is 5.60. The van der Waals surface area contributed by atoms with Gasteiger partial charge in [-0.3, -0.25) is 9.48 Å². The topological polar surface area (TPSA) is 110 Å². The van der Waals surface area contributed by atoms with E-state index in [2.05, 4.69) is 31.9 Å². The Labute approximate surface area is 177 Å². The highest BCUT2D eigenvalue weighted by molar-refractivity contribution is 6.35. The van der Waals surface area contributed by atoms with Gasteiger partial charge >= 0.3 is 0 Å². The van der Waals surface area contributed by atoms with Crippen LogP contribution in [-0.2, 0) is 16.6 Å². The van der Waals surface area contributed by atoms with E-state index in [1.807, 2.05) is 13.2 Å². The molecule has 11 heteroatoms. The fourth-order valence-corrected chi connectivity index (χ4v) is 3.73. The van der Waals surface area contributed by atoms with Crippen LogP contribution in [0, 0.1) is 5.92 Å². The molecule has 4 heterocycles. The lowest BCUT2D eigenvalue weighted by molar-refractivity contribution is -0.125. The molecule has 0 aromatic carbocycles. The zero-order valence-electron chi connectivity index (χ0n) is 16.6. The summed E-state index contributed by atoms with van der Waals surface area (Å²) >= 11 is 6.31. The molecule has 10 nitrogen and oxygen atoms in total. The SMILES string of the molecule is C=CC(=O)N1C[C@@H](COc2nc(Nc3cnn(C)c3)nc3[nH]cc(Cl)c23)[C@H](OC)C1. The number of halogens is 1. The number of nitrogens with zero attached hydrogens (tertiary/aromatic N) is 5. The zero-order chi connectivity index (χ0) is 21.3. The van der Waals surface area contributed by atoms with Gasteiger partial charge in [-0.1, -0.05) is 18.2 Å². The number of nitrogens with one attached hydrogen (secondary N) is 2. The fraction of sp³-hybridized carbons (Fsp3) is 0.368. The van der Waals surface area contributed by atoms with Crippen LogP contribution in [0.25, 0.3) is 11.0 Å². The van der Waals surface area contributed by atoms with Gasteiger partial charge in [0.1, 0.15) is 5.65 Å². The van der Waals surface area contributed by atoms with E-state index in [1.54, 1.807) is 29.1 Å². The number of fused-ring (bicyclic) bond motifs is 1. The largest absolute Gasteiger partial charge is 0.477 e. The molecule has 1 aliphatic heterocycles. The van der Waals surface area contributed by atoms with Crippen molar-refractivity contribution in [2.24, 2.45) is 13.0 Å². The molecule has 0 saturated carbocycles. The summed E-state index contributed by atoms with van der Waals surface area (Å²) in [4.78, 5) is 25.6. The van der Waals surface area contributed by atoms with Crippen molar-refractivity contribution in [2.45, 2.75) is 6.10 Å². The van der Waals surface area contributed by atoms with Crippen LogP contribution in [0.3, 0.4) is 0 Å². The van der Waals surface area contributed by atoms with Gasteiger partial charge in [0, 0.05) is 45.6 Å². The van der Waals surface area contributed by atoms with Crippen LogP contribution in [0.15, 0.2) is 31.2 Å². The molecule has 3 aromatic rings. The van der Waals surface area contributed by atoms with Crippen molar-refractivity contribution in [2.75, 3.05) is 32.1 Å². The van der Waals surface area contributed by atoms with Crippen LogP contribution in [0.5, 0.6) is 5.88 Å². The number of anilines is 2. The zero-order valence-corrected chi connectivity index (χ0v) is 17.4. The number of methoxy groups -OCH3 is 1. The highest BCUT2D eigenvalue weighted by Gasteiger charge is 2.35. The van der Waals surface area contributed by atoms with E-state index in [0.717, 1.165) is 5.69 Å². The molecule has 1 fully saturated rings. The first kappa shape index (κ1) is 20.2. The Bertz CT molecular complexity index is 1080. The van der Waals surface area contributed by atoms with E-state index < -0.39 is 0 Å². The molecule has 1 saturated heterocycles. The number of hydrogen-bond donors (Lipinski definition) is 2. The Morgan fingerprint density at radius 3 is 3.00 bits per heavy atom. The van der Waals surface area contributed by atoms with Crippen molar-refractivity contribution >= 4 is 40.2 Å². The molecule has 2 atom stereocenters. The fourth-order valence-electron chi connectivity index (χ4n) is 3.50. The Balaban J connectivity index is 1.56. The molecule has 30 heavy (non-hydrogen) atoms. The number of hydrogen-bond acceptors (Lipinski definition) is 7. The van der Waals surface area contributed by atoms with Gasteiger partial charge in [0.05, 0.1) is 35.0 Å². The number of amides is 1. The quantitative estimate of drug-likeness (QED) is 0.551. The Morgan fingerprint density at radius 2 is 2.30 bits per heavy atom. The molecule has 0 aliphatic carbocycles. The van der Waals surface area contributed by atoms with Gasteiger partial charge in [-0.05, 0) is 6.08 Å².